The van der Waals surface area contributed by atoms with Crippen molar-refractivity contribution in [2.75, 3.05) is 12.5 Å². The minimum atomic E-state index is -0.322. The van der Waals surface area contributed by atoms with Gasteiger partial charge in [-0.3, -0.25) is 10.8 Å². The van der Waals surface area contributed by atoms with E-state index in [0.717, 1.165) is 5.39 Å². The number of aromatic nitrogens is 1. The minimum Gasteiger partial charge on any atom is -0.378 e. The average Bonchev–Trinajstić information content (AvgIpc) is 2.27. The van der Waals surface area contributed by atoms with Crippen LogP contribution in [0.15, 0.2) is 24.3 Å². The van der Waals surface area contributed by atoms with E-state index in [9.17, 15) is 4.39 Å². The molecule has 16 heavy (non-hydrogen) atoms. The van der Waals surface area contributed by atoms with Gasteiger partial charge in [0.1, 0.15) is 5.82 Å². The number of nitrogens with one attached hydrogen (secondary N) is 1. The SMILES string of the molecule is COCc1cc(NN)c2ccc(F)cc2n1. The van der Waals surface area contributed by atoms with Gasteiger partial charge >= 0.3 is 0 Å². The van der Waals surface area contributed by atoms with Crippen LogP contribution >= 0.6 is 0 Å². The van der Waals surface area contributed by atoms with Crippen LogP contribution in [0.3, 0.4) is 0 Å². The van der Waals surface area contributed by atoms with Crippen molar-refractivity contribution < 1.29 is 9.13 Å². The van der Waals surface area contributed by atoms with Gasteiger partial charge in [-0.1, -0.05) is 0 Å². The van der Waals surface area contributed by atoms with Crippen LogP contribution in [0.4, 0.5) is 10.1 Å². The highest BCUT2D eigenvalue weighted by Gasteiger charge is 2.05. The van der Waals surface area contributed by atoms with Crippen LogP contribution in [0.25, 0.3) is 10.9 Å². The summed E-state index contributed by atoms with van der Waals surface area (Å²) < 4.78 is 18.0. The molecular formula is C11H12FN3O. The van der Waals surface area contributed by atoms with Gasteiger partial charge in [-0.2, -0.15) is 0 Å². The molecule has 84 valence electrons. The molecule has 0 spiro atoms. The molecule has 0 fully saturated rings. The second-order valence-corrected chi connectivity index (χ2v) is 3.40. The molecule has 0 aliphatic carbocycles. The van der Waals surface area contributed by atoms with Crippen molar-refractivity contribution in [1.29, 1.82) is 0 Å². The lowest BCUT2D eigenvalue weighted by Crippen LogP contribution is -2.08. The smallest absolute Gasteiger partial charge is 0.125 e. The molecule has 5 heteroatoms. The Bertz CT molecular complexity index is 516. The third-order valence-corrected chi connectivity index (χ3v) is 2.27. The Morgan fingerprint density at radius 2 is 2.25 bits per heavy atom. The third kappa shape index (κ3) is 1.95. The molecular weight excluding hydrogens is 209 g/mol. The molecule has 0 saturated heterocycles. The Balaban J connectivity index is 2.63. The predicted molar refractivity (Wildman–Crippen MR) is 60.2 cm³/mol. The zero-order valence-corrected chi connectivity index (χ0v) is 8.83. The summed E-state index contributed by atoms with van der Waals surface area (Å²) in [6, 6.07) is 6.17. The number of hydrogen-bond donors (Lipinski definition) is 2. The number of pyridine rings is 1. The second-order valence-electron chi connectivity index (χ2n) is 3.40. The van der Waals surface area contributed by atoms with Gasteiger partial charge in [0.05, 0.1) is 23.5 Å². The average molecular weight is 221 g/mol. The summed E-state index contributed by atoms with van der Waals surface area (Å²) in [6.07, 6.45) is 0. The molecule has 2 rings (SSSR count). The molecule has 3 N–H and O–H groups in total. The lowest BCUT2D eigenvalue weighted by molar-refractivity contribution is 0.182. The minimum absolute atomic E-state index is 0.322. The number of anilines is 1. The first kappa shape index (κ1) is 10.8. The fourth-order valence-corrected chi connectivity index (χ4v) is 1.60. The van der Waals surface area contributed by atoms with E-state index >= 15 is 0 Å². The first-order valence-corrected chi connectivity index (χ1v) is 4.79. The van der Waals surface area contributed by atoms with Gasteiger partial charge in [0, 0.05) is 18.6 Å². The maximum absolute atomic E-state index is 13.1. The van der Waals surface area contributed by atoms with E-state index in [2.05, 4.69) is 10.4 Å². The van der Waals surface area contributed by atoms with E-state index in [4.69, 9.17) is 10.6 Å². The fourth-order valence-electron chi connectivity index (χ4n) is 1.60. The Labute approximate surface area is 92.2 Å². The lowest BCUT2D eigenvalue weighted by Gasteiger charge is -2.08. The largest absolute Gasteiger partial charge is 0.378 e. The van der Waals surface area contributed by atoms with Crippen molar-refractivity contribution in [3.8, 4) is 0 Å². The summed E-state index contributed by atoms with van der Waals surface area (Å²) in [5.41, 5.74) is 4.54. The van der Waals surface area contributed by atoms with Crippen LogP contribution in [0, 0.1) is 5.82 Å². The maximum Gasteiger partial charge on any atom is 0.125 e. The molecule has 0 aliphatic heterocycles. The van der Waals surface area contributed by atoms with Crippen LogP contribution in [0.1, 0.15) is 5.69 Å². The summed E-state index contributed by atoms with van der Waals surface area (Å²) in [7, 11) is 1.58. The van der Waals surface area contributed by atoms with E-state index < -0.39 is 0 Å². The first-order valence-electron chi connectivity index (χ1n) is 4.79. The van der Waals surface area contributed by atoms with Gasteiger partial charge in [-0.25, -0.2) is 4.39 Å². The fraction of sp³-hybridized carbons (Fsp3) is 0.182. The molecule has 0 unspecified atom stereocenters. The van der Waals surface area contributed by atoms with E-state index in [1.165, 1.54) is 12.1 Å². The highest BCUT2D eigenvalue weighted by molar-refractivity contribution is 5.91. The van der Waals surface area contributed by atoms with Gasteiger partial charge in [0.15, 0.2) is 0 Å². The van der Waals surface area contributed by atoms with Gasteiger partial charge in [0.2, 0.25) is 0 Å². The number of ether oxygens (including phenoxy) is 1. The molecule has 1 aromatic heterocycles. The zero-order valence-electron chi connectivity index (χ0n) is 8.83. The monoisotopic (exact) mass is 221 g/mol. The molecule has 0 aliphatic rings. The van der Waals surface area contributed by atoms with Crippen molar-refractivity contribution >= 4 is 16.6 Å². The number of rotatable bonds is 3. The third-order valence-electron chi connectivity index (χ3n) is 2.27. The first-order chi connectivity index (χ1) is 7.74. The van der Waals surface area contributed by atoms with E-state index in [1.807, 2.05) is 0 Å². The highest BCUT2D eigenvalue weighted by atomic mass is 19.1. The van der Waals surface area contributed by atoms with Crippen LogP contribution in [0.5, 0.6) is 0 Å². The predicted octanol–water partition coefficient (Wildman–Crippen LogP) is 1.81. The Kier molecular flexibility index (Phi) is 2.98. The summed E-state index contributed by atoms with van der Waals surface area (Å²) >= 11 is 0. The number of hydrazine groups is 1. The molecule has 1 aromatic carbocycles. The van der Waals surface area contributed by atoms with Crippen molar-refractivity contribution in [3.05, 3.63) is 35.8 Å². The Morgan fingerprint density at radius 1 is 1.44 bits per heavy atom. The molecule has 4 nitrogen and oxygen atoms in total. The summed E-state index contributed by atoms with van der Waals surface area (Å²) in [5, 5.41) is 0.781. The van der Waals surface area contributed by atoms with Crippen molar-refractivity contribution in [2.24, 2.45) is 5.84 Å². The highest BCUT2D eigenvalue weighted by Crippen LogP contribution is 2.23. The van der Waals surface area contributed by atoms with Crippen LogP contribution < -0.4 is 11.3 Å². The van der Waals surface area contributed by atoms with E-state index in [1.54, 1.807) is 19.2 Å². The molecule has 2 aromatic rings. The molecule has 0 saturated carbocycles. The molecule has 0 atom stereocenters. The number of nitrogens with two attached hydrogens (primary N) is 1. The number of methoxy groups -OCH3 is 1. The molecule has 0 bridgehead atoms. The topological polar surface area (TPSA) is 60.2 Å². The number of nitrogen functional groups attached to an aromatic ring is 1. The van der Waals surface area contributed by atoms with Crippen LogP contribution in [-0.2, 0) is 11.3 Å². The number of nitrogens with zero attached hydrogens (tertiary/aromatic N) is 1. The Morgan fingerprint density at radius 3 is 2.94 bits per heavy atom. The van der Waals surface area contributed by atoms with Crippen molar-refractivity contribution in [2.45, 2.75) is 6.61 Å². The number of fused-ring (bicyclic) bond motifs is 1. The molecule has 1 heterocycles. The second kappa shape index (κ2) is 4.42. The van der Waals surface area contributed by atoms with Crippen LogP contribution in [-0.4, -0.2) is 12.1 Å². The van der Waals surface area contributed by atoms with Gasteiger partial charge < -0.3 is 10.2 Å². The molecule has 0 radical (unpaired) electrons. The maximum atomic E-state index is 13.1. The van der Waals surface area contributed by atoms with E-state index in [-0.39, 0.29) is 5.82 Å². The number of hydrogen-bond acceptors (Lipinski definition) is 4. The van der Waals surface area contributed by atoms with Gasteiger partial charge in [-0.15, -0.1) is 0 Å². The Hall–Kier alpha value is -1.72. The summed E-state index contributed by atoms with van der Waals surface area (Å²) in [4.78, 5) is 4.27. The van der Waals surface area contributed by atoms with Crippen LogP contribution in [0.2, 0.25) is 0 Å². The zero-order chi connectivity index (χ0) is 11.5. The van der Waals surface area contributed by atoms with E-state index in [0.29, 0.717) is 23.5 Å². The quantitative estimate of drug-likeness (QED) is 0.613. The number of halogens is 1. The summed E-state index contributed by atoms with van der Waals surface area (Å²) in [6.45, 7) is 0.362. The molecule has 0 amide bonds. The summed E-state index contributed by atoms with van der Waals surface area (Å²) in [5.74, 6) is 5.08. The van der Waals surface area contributed by atoms with Crippen molar-refractivity contribution in [1.82, 2.24) is 4.98 Å². The van der Waals surface area contributed by atoms with Gasteiger partial charge in [0.25, 0.3) is 0 Å². The number of benzene rings is 1. The normalized spacial score (nSPS) is 10.7. The standard InChI is InChI=1S/C11H12FN3O/c1-16-6-8-5-11(15-13)9-3-2-7(12)4-10(9)14-8/h2-5H,6,13H2,1H3,(H,14,15). The van der Waals surface area contributed by atoms with Crippen molar-refractivity contribution in [3.63, 3.8) is 0 Å². The van der Waals surface area contributed by atoms with Gasteiger partial charge in [-0.05, 0) is 18.2 Å². The lowest BCUT2D eigenvalue weighted by atomic mass is 10.1.